The highest BCUT2D eigenvalue weighted by Crippen LogP contribution is 2.20. The minimum absolute atomic E-state index is 0.0119. The topological polar surface area (TPSA) is 93.7 Å². The highest BCUT2D eigenvalue weighted by molar-refractivity contribution is 6.20. The fourth-order valence-corrected chi connectivity index (χ4v) is 1.99. The Morgan fingerprint density at radius 3 is 2.67 bits per heavy atom. The van der Waals surface area contributed by atoms with Crippen molar-refractivity contribution in [3.05, 3.63) is 41.8 Å². The molecule has 24 heavy (non-hydrogen) atoms. The van der Waals surface area contributed by atoms with Gasteiger partial charge in [0.1, 0.15) is 0 Å². The zero-order valence-electron chi connectivity index (χ0n) is 13.6. The van der Waals surface area contributed by atoms with E-state index in [4.69, 9.17) is 9.47 Å². The van der Waals surface area contributed by atoms with E-state index in [1.807, 2.05) is 19.9 Å². The zero-order valence-corrected chi connectivity index (χ0v) is 13.6. The van der Waals surface area contributed by atoms with Crippen molar-refractivity contribution in [1.82, 2.24) is 5.32 Å². The van der Waals surface area contributed by atoms with Crippen molar-refractivity contribution in [3.8, 4) is 0 Å². The first kappa shape index (κ1) is 17.5. The quantitative estimate of drug-likeness (QED) is 0.578. The van der Waals surface area contributed by atoms with Gasteiger partial charge in [-0.1, -0.05) is 25.1 Å². The van der Waals surface area contributed by atoms with E-state index in [1.165, 1.54) is 0 Å². The third kappa shape index (κ3) is 4.58. The minimum atomic E-state index is -0.879. The summed E-state index contributed by atoms with van der Waals surface area (Å²) in [4.78, 5) is 35.6. The number of hydrogen-bond donors (Lipinski definition) is 2. The van der Waals surface area contributed by atoms with Gasteiger partial charge in [0.2, 0.25) is 11.7 Å². The smallest absolute Gasteiger partial charge is 0.347 e. The summed E-state index contributed by atoms with van der Waals surface area (Å²) < 4.78 is 10.1. The number of carbonyl (C=O) groups excluding carboxylic acids is 3. The van der Waals surface area contributed by atoms with Crippen LogP contribution in [0.4, 0.5) is 5.69 Å². The van der Waals surface area contributed by atoms with Crippen LogP contribution in [0.5, 0.6) is 0 Å². The van der Waals surface area contributed by atoms with Crippen LogP contribution in [-0.2, 0) is 23.9 Å². The Balaban J connectivity index is 2.00. The monoisotopic (exact) mass is 332 g/mol. The first-order chi connectivity index (χ1) is 11.5. The highest BCUT2D eigenvalue weighted by atomic mass is 16.5. The van der Waals surface area contributed by atoms with E-state index in [1.54, 1.807) is 24.3 Å². The number of ether oxygens (including phenoxy) is 2. The Kier molecular flexibility index (Phi) is 5.95. The first-order valence-electron chi connectivity index (χ1n) is 7.70. The lowest BCUT2D eigenvalue weighted by Crippen LogP contribution is -2.35. The molecule has 0 saturated heterocycles. The number of nitrogens with one attached hydrogen (secondary N) is 2. The third-order valence-corrected chi connectivity index (χ3v) is 3.44. The third-order valence-electron chi connectivity index (χ3n) is 3.44. The van der Waals surface area contributed by atoms with E-state index in [0.717, 1.165) is 6.42 Å². The Morgan fingerprint density at radius 2 is 2.00 bits per heavy atom. The molecule has 2 N–H and O–H groups in total. The van der Waals surface area contributed by atoms with E-state index >= 15 is 0 Å². The van der Waals surface area contributed by atoms with Gasteiger partial charge in [-0.05, 0) is 25.5 Å². The molecule has 0 fully saturated rings. The molecule has 1 atom stereocenters. The lowest BCUT2D eigenvalue weighted by Gasteiger charge is -2.12. The van der Waals surface area contributed by atoms with Crippen LogP contribution in [0.1, 0.15) is 20.3 Å². The van der Waals surface area contributed by atoms with Crippen molar-refractivity contribution in [2.45, 2.75) is 26.3 Å². The second-order valence-electron chi connectivity index (χ2n) is 5.36. The Morgan fingerprint density at radius 1 is 1.29 bits per heavy atom. The van der Waals surface area contributed by atoms with E-state index < -0.39 is 24.3 Å². The minimum Gasteiger partial charge on any atom is -0.470 e. The molecule has 1 amide bonds. The van der Waals surface area contributed by atoms with Crippen LogP contribution in [0.15, 0.2) is 41.8 Å². The molecule has 0 radical (unpaired) electrons. The summed E-state index contributed by atoms with van der Waals surface area (Å²) in [5, 5.41) is 5.54. The highest BCUT2D eigenvalue weighted by Gasteiger charge is 2.32. The lowest BCUT2D eigenvalue weighted by atomic mass is 10.2. The molecule has 0 aromatic heterocycles. The molecule has 0 spiro atoms. The van der Waals surface area contributed by atoms with Gasteiger partial charge in [-0.3, -0.25) is 9.59 Å². The average molecular weight is 332 g/mol. The van der Waals surface area contributed by atoms with Crippen LogP contribution in [0.25, 0.3) is 0 Å². The van der Waals surface area contributed by atoms with Crippen LogP contribution in [-0.4, -0.2) is 36.9 Å². The first-order valence-corrected chi connectivity index (χ1v) is 7.70. The second-order valence-corrected chi connectivity index (χ2v) is 5.36. The molecule has 7 heteroatoms. The van der Waals surface area contributed by atoms with E-state index in [2.05, 4.69) is 10.6 Å². The van der Waals surface area contributed by atoms with Crippen LogP contribution in [0.3, 0.4) is 0 Å². The van der Waals surface area contributed by atoms with Crippen molar-refractivity contribution < 1.29 is 23.9 Å². The van der Waals surface area contributed by atoms with E-state index in [9.17, 15) is 14.4 Å². The number of hydrogen-bond acceptors (Lipinski definition) is 6. The van der Waals surface area contributed by atoms with Crippen LogP contribution in [0.2, 0.25) is 0 Å². The molecule has 0 aliphatic carbocycles. The fourth-order valence-electron chi connectivity index (χ4n) is 1.99. The predicted octanol–water partition coefficient (Wildman–Crippen LogP) is 1.37. The molecular weight excluding hydrogens is 312 g/mol. The standard InChI is InChI=1S/C17H20N2O5/c1-3-11(2)18-14(21)10-24-17(22)15-13(20)9-23-16(15)19-12-7-5-4-6-8-12/h4-8,11,19H,3,9-10H2,1-2H3,(H,18,21)/t11-/m1/s1. The molecule has 1 aromatic carbocycles. The molecular formula is C17H20N2O5. The van der Waals surface area contributed by atoms with Gasteiger partial charge < -0.3 is 20.1 Å². The van der Waals surface area contributed by atoms with Gasteiger partial charge in [0.05, 0.1) is 0 Å². The summed E-state index contributed by atoms with van der Waals surface area (Å²) >= 11 is 0. The Labute approximate surface area is 140 Å². The molecule has 1 aromatic rings. The summed E-state index contributed by atoms with van der Waals surface area (Å²) in [6, 6.07) is 8.96. The fraction of sp³-hybridized carbons (Fsp3) is 0.353. The van der Waals surface area contributed by atoms with E-state index in [0.29, 0.717) is 5.69 Å². The van der Waals surface area contributed by atoms with Gasteiger partial charge in [0.25, 0.3) is 5.91 Å². The SMILES string of the molecule is CC[C@@H](C)NC(=O)COC(=O)C1=C(Nc2ccccc2)OCC1=O. The molecule has 0 unspecified atom stereocenters. The summed E-state index contributed by atoms with van der Waals surface area (Å²) in [5.74, 6) is -1.74. The molecule has 0 saturated carbocycles. The van der Waals surface area contributed by atoms with Crippen molar-refractivity contribution >= 4 is 23.3 Å². The molecule has 1 heterocycles. The zero-order chi connectivity index (χ0) is 17.5. The summed E-state index contributed by atoms with van der Waals surface area (Å²) in [5.41, 5.74) is 0.456. The average Bonchev–Trinajstić information content (AvgIpc) is 2.94. The van der Waals surface area contributed by atoms with E-state index in [-0.39, 0.29) is 24.1 Å². The van der Waals surface area contributed by atoms with Crippen LogP contribution < -0.4 is 10.6 Å². The van der Waals surface area contributed by atoms with Gasteiger partial charge in [0.15, 0.2) is 18.8 Å². The maximum absolute atomic E-state index is 12.1. The number of amides is 1. The molecule has 0 bridgehead atoms. The number of benzene rings is 1. The van der Waals surface area contributed by atoms with Crippen molar-refractivity contribution in [2.24, 2.45) is 0 Å². The van der Waals surface area contributed by atoms with Gasteiger partial charge >= 0.3 is 5.97 Å². The number of Topliss-reactive ketones (excluding diaryl/α,β-unsaturated/α-hetero) is 1. The second kappa shape index (κ2) is 8.14. The molecule has 7 nitrogen and oxygen atoms in total. The van der Waals surface area contributed by atoms with Gasteiger partial charge in [0, 0.05) is 11.7 Å². The van der Waals surface area contributed by atoms with Crippen molar-refractivity contribution in [3.63, 3.8) is 0 Å². The largest absolute Gasteiger partial charge is 0.470 e. The number of carbonyl (C=O) groups is 3. The van der Waals surface area contributed by atoms with Crippen LogP contribution >= 0.6 is 0 Å². The van der Waals surface area contributed by atoms with Crippen molar-refractivity contribution in [2.75, 3.05) is 18.5 Å². The van der Waals surface area contributed by atoms with Gasteiger partial charge in [-0.15, -0.1) is 0 Å². The lowest BCUT2D eigenvalue weighted by molar-refractivity contribution is -0.145. The maximum Gasteiger partial charge on any atom is 0.347 e. The molecule has 1 aliphatic rings. The maximum atomic E-state index is 12.1. The Bertz CT molecular complexity index is 654. The molecule has 2 rings (SSSR count). The van der Waals surface area contributed by atoms with Crippen LogP contribution in [0, 0.1) is 0 Å². The van der Waals surface area contributed by atoms with Gasteiger partial charge in [-0.25, -0.2) is 4.79 Å². The summed E-state index contributed by atoms with van der Waals surface area (Å²) in [6.07, 6.45) is 0.766. The van der Waals surface area contributed by atoms with Gasteiger partial charge in [-0.2, -0.15) is 0 Å². The van der Waals surface area contributed by atoms with Crippen molar-refractivity contribution in [1.29, 1.82) is 0 Å². The Hall–Kier alpha value is -2.83. The molecule has 128 valence electrons. The predicted molar refractivity (Wildman–Crippen MR) is 86.9 cm³/mol. The number of anilines is 1. The normalized spacial score (nSPS) is 14.8. The molecule has 1 aliphatic heterocycles. The number of ketones is 1. The summed E-state index contributed by atoms with van der Waals surface area (Å²) in [6.45, 7) is 3.09. The number of para-hydroxylation sites is 1. The number of rotatable bonds is 7. The summed E-state index contributed by atoms with van der Waals surface area (Å²) in [7, 11) is 0. The number of esters is 1.